The lowest BCUT2D eigenvalue weighted by Gasteiger charge is -2.02. The molecule has 0 saturated heterocycles. The van der Waals surface area contributed by atoms with E-state index in [4.69, 9.17) is 0 Å². The van der Waals surface area contributed by atoms with Gasteiger partial charge in [0.05, 0.1) is 12.7 Å². The fourth-order valence-corrected chi connectivity index (χ4v) is 2.09. The number of aromatic nitrogens is 3. The smallest absolute Gasteiger partial charge is 0.338 e. The van der Waals surface area contributed by atoms with Crippen LogP contribution in [-0.2, 0) is 11.2 Å². The summed E-state index contributed by atoms with van der Waals surface area (Å²) in [6.07, 6.45) is 2.25. The molecular formula is C15H12FN3O2. The maximum absolute atomic E-state index is 12.9. The summed E-state index contributed by atoms with van der Waals surface area (Å²) in [6, 6.07) is 9.50. The maximum atomic E-state index is 12.9. The van der Waals surface area contributed by atoms with E-state index in [-0.39, 0.29) is 5.82 Å². The van der Waals surface area contributed by atoms with Gasteiger partial charge in [-0.3, -0.25) is 4.40 Å². The Labute approximate surface area is 120 Å². The van der Waals surface area contributed by atoms with Gasteiger partial charge in [-0.1, -0.05) is 12.1 Å². The van der Waals surface area contributed by atoms with Gasteiger partial charge in [-0.2, -0.15) is 0 Å². The number of ether oxygens (including phenoxy) is 1. The van der Waals surface area contributed by atoms with Crippen molar-refractivity contribution in [3.8, 4) is 0 Å². The van der Waals surface area contributed by atoms with Gasteiger partial charge in [0.15, 0.2) is 5.65 Å². The van der Waals surface area contributed by atoms with Crippen molar-refractivity contribution in [2.45, 2.75) is 6.42 Å². The first-order valence-corrected chi connectivity index (χ1v) is 6.34. The van der Waals surface area contributed by atoms with Crippen molar-refractivity contribution in [1.29, 1.82) is 0 Å². The highest BCUT2D eigenvalue weighted by molar-refractivity contribution is 5.90. The van der Waals surface area contributed by atoms with Gasteiger partial charge in [0.1, 0.15) is 11.6 Å². The Balaban J connectivity index is 1.93. The zero-order valence-corrected chi connectivity index (χ0v) is 11.3. The number of halogens is 1. The number of fused-ring (bicyclic) bond motifs is 1. The molecule has 0 fully saturated rings. The number of benzene rings is 1. The number of esters is 1. The Hall–Kier alpha value is -2.76. The largest absolute Gasteiger partial charge is 0.465 e. The third-order valence-corrected chi connectivity index (χ3v) is 3.18. The van der Waals surface area contributed by atoms with Crippen molar-refractivity contribution in [2.75, 3.05) is 7.11 Å². The fourth-order valence-electron chi connectivity index (χ4n) is 2.09. The lowest BCUT2D eigenvalue weighted by Crippen LogP contribution is -2.03. The molecule has 21 heavy (non-hydrogen) atoms. The number of hydrogen-bond donors (Lipinski definition) is 0. The Bertz CT molecular complexity index is 796. The van der Waals surface area contributed by atoms with Crippen LogP contribution in [0.5, 0.6) is 0 Å². The molecule has 0 aliphatic carbocycles. The number of carbonyl (C=O) groups is 1. The molecule has 0 bridgehead atoms. The number of pyridine rings is 1. The van der Waals surface area contributed by atoms with E-state index in [0.29, 0.717) is 23.5 Å². The molecule has 3 rings (SSSR count). The number of carbonyl (C=O) groups excluding carboxylic acids is 1. The first kappa shape index (κ1) is 13.2. The molecular weight excluding hydrogens is 273 g/mol. The van der Waals surface area contributed by atoms with Crippen molar-refractivity contribution in [3.05, 3.63) is 65.4 Å². The van der Waals surface area contributed by atoms with Crippen molar-refractivity contribution in [1.82, 2.24) is 14.6 Å². The number of methoxy groups -OCH3 is 1. The van der Waals surface area contributed by atoms with Crippen LogP contribution in [0.1, 0.15) is 21.7 Å². The Morgan fingerprint density at radius 2 is 2.00 bits per heavy atom. The van der Waals surface area contributed by atoms with E-state index in [1.165, 1.54) is 19.2 Å². The third kappa shape index (κ3) is 2.60. The average Bonchev–Trinajstić information content (AvgIpc) is 2.91. The van der Waals surface area contributed by atoms with Crippen LogP contribution in [0.4, 0.5) is 4.39 Å². The first-order chi connectivity index (χ1) is 10.2. The monoisotopic (exact) mass is 285 g/mol. The highest BCUT2D eigenvalue weighted by Crippen LogP contribution is 2.12. The number of nitrogens with zero attached hydrogens (tertiary/aromatic N) is 3. The second-order valence-electron chi connectivity index (χ2n) is 4.55. The fraction of sp³-hybridized carbons (Fsp3) is 0.133. The van der Waals surface area contributed by atoms with Crippen LogP contribution >= 0.6 is 0 Å². The molecule has 3 aromatic rings. The van der Waals surface area contributed by atoms with Crippen LogP contribution in [-0.4, -0.2) is 27.7 Å². The van der Waals surface area contributed by atoms with Crippen molar-refractivity contribution >= 4 is 11.6 Å². The molecule has 0 aliphatic rings. The molecule has 0 N–H and O–H groups in total. The van der Waals surface area contributed by atoms with Gasteiger partial charge in [-0.25, -0.2) is 9.18 Å². The van der Waals surface area contributed by atoms with Crippen LogP contribution in [0.15, 0.2) is 42.6 Å². The van der Waals surface area contributed by atoms with Crippen LogP contribution in [0.3, 0.4) is 0 Å². The van der Waals surface area contributed by atoms with Gasteiger partial charge in [0.2, 0.25) is 0 Å². The molecule has 0 aliphatic heterocycles. The van der Waals surface area contributed by atoms with E-state index >= 15 is 0 Å². The summed E-state index contributed by atoms with van der Waals surface area (Å²) in [6.45, 7) is 0. The zero-order valence-electron chi connectivity index (χ0n) is 11.3. The summed E-state index contributed by atoms with van der Waals surface area (Å²) in [5.74, 6) is 0.0289. The summed E-state index contributed by atoms with van der Waals surface area (Å²) in [5.41, 5.74) is 1.92. The minimum atomic E-state index is -0.416. The van der Waals surface area contributed by atoms with E-state index in [0.717, 1.165) is 5.56 Å². The van der Waals surface area contributed by atoms with Gasteiger partial charge in [0, 0.05) is 12.6 Å². The van der Waals surface area contributed by atoms with Crippen LogP contribution < -0.4 is 0 Å². The van der Waals surface area contributed by atoms with Crippen molar-refractivity contribution in [2.24, 2.45) is 0 Å². The summed E-state index contributed by atoms with van der Waals surface area (Å²) in [7, 11) is 1.33. The molecule has 1 aromatic carbocycles. The van der Waals surface area contributed by atoms with Gasteiger partial charge >= 0.3 is 5.97 Å². The average molecular weight is 285 g/mol. The van der Waals surface area contributed by atoms with Gasteiger partial charge < -0.3 is 4.74 Å². The molecule has 0 unspecified atom stereocenters. The van der Waals surface area contributed by atoms with E-state index in [1.54, 1.807) is 34.9 Å². The molecule has 5 nitrogen and oxygen atoms in total. The minimum absolute atomic E-state index is 0.271. The summed E-state index contributed by atoms with van der Waals surface area (Å²) in [5, 5.41) is 8.15. The minimum Gasteiger partial charge on any atom is -0.465 e. The van der Waals surface area contributed by atoms with E-state index < -0.39 is 5.97 Å². The molecule has 6 heteroatoms. The molecule has 0 atom stereocenters. The predicted molar refractivity (Wildman–Crippen MR) is 73.5 cm³/mol. The van der Waals surface area contributed by atoms with E-state index in [1.807, 2.05) is 0 Å². The summed E-state index contributed by atoms with van der Waals surface area (Å²) in [4.78, 5) is 11.5. The highest BCUT2D eigenvalue weighted by Gasteiger charge is 2.10. The van der Waals surface area contributed by atoms with Crippen LogP contribution in [0.25, 0.3) is 5.65 Å². The topological polar surface area (TPSA) is 56.5 Å². The molecule has 2 aromatic heterocycles. The van der Waals surface area contributed by atoms with Crippen LogP contribution in [0, 0.1) is 5.82 Å². The molecule has 0 saturated carbocycles. The predicted octanol–water partition coefficient (Wildman–Crippen LogP) is 2.25. The quantitative estimate of drug-likeness (QED) is 0.693. The summed E-state index contributed by atoms with van der Waals surface area (Å²) >= 11 is 0. The first-order valence-electron chi connectivity index (χ1n) is 6.34. The number of hydrogen-bond acceptors (Lipinski definition) is 4. The standard InChI is InChI=1S/C15H12FN3O2/c1-21-15(20)11-6-7-19-13(17-18-14(19)9-11)8-10-2-4-12(16)5-3-10/h2-7,9H,8H2,1H3. The summed E-state index contributed by atoms with van der Waals surface area (Å²) < 4.78 is 19.3. The Morgan fingerprint density at radius 1 is 1.24 bits per heavy atom. The van der Waals surface area contributed by atoms with Gasteiger partial charge in [-0.05, 0) is 29.8 Å². The van der Waals surface area contributed by atoms with E-state index in [2.05, 4.69) is 14.9 Å². The second kappa shape index (κ2) is 5.32. The second-order valence-corrected chi connectivity index (χ2v) is 4.55. The van der Waals surface area contributed by atoms with Gasteiger partial charge in [0.25, 0.3) is 0 Å². The van der Waals surface area contributed by atoms with Crippen molar-refractivity contribution in [3.63, 3.8) is 0 Å². The van der Waals surface area contributed by atoms with Crippen molar-refractivity contribution < 1.29 is 13.9 Å². The van der Waals surface area contributed by atoms with Gasteiger partial charge in [-0.15, -0.1) is 10.2 Å². The zero-order chi connectivity index (χ0) is 14.8. The normalized spacial score (nSPS) is 10.8. The van der Waals surface area contributed by atoms with Crippen LogP contribution in [0.2, 0.25) is 0 Å². The highest BCUT2D eigenvalue weighted by atomic mass is 19.1. The lowest BCUT2D eigenvalue weighted by atomic mass is 10.1. The van der Waals surface area contributed by atoms with E-state index in [9.17, 15) is 9.18 Å². The maximum Gasteiger partial charge on any atom is 0.338 e. The molecule has 0 amide bonds. The Morgan fingerprint density at radius 3 is 2.71 bits per heavy atom. The molecule has 0 spiro atoms. The third-order valence-electron chi connectivity index (χ3n) is 3.18. The molecule has 0 radical (unpaired) electrons. The molecule has 106 valence electrons. The molecule has 2 heterocycles. The Kier molecular flexibility index (Phi) is 3.35. The number of rotatable bonds is 3. The SMILES string of the molecule is COC(=O)c1ccn2c(Cc3ccc(F)cc3)nnc2c1. The lowest BCUT2D eigenvalue weighted by molar-refractivity contribution is 0.0600.